The van der Waals surface area contributed by atoms with Crippen molar-refractivity contribution in [3.63, 3.8) is 0 Å². The second-order valence-corrected chi connectivity index (χ2v) is 4.11. The summed E-state index contributed by atoms with van der Waals surface area (Å²) in [6.45, 7) is 3.71. The third kappa shape index (κ3) is 3.42. The van der Waals surface area contributed by atoms with Gasteiger partial charge in [-0.2, -0.15) is 0 Å². The van der Waals surface area contributed by atoms with E-state index in [0.717, 1.165) is 0 Å². The first-order valence-corrected chi connectivity index (χ1v) is 5.35. The van der Waals surface area contributed by atoms with Gasteiger partial charge in [-0.15, -0.1) is 0 Å². The van der Waals surface area contributed by atoms with Gasteiger partial charge >= 0.3 is 0 Å². The molecule has 1 unspecified atom stereocenters. The molecule has 0 aliphatic rings. The summed E-state index contributed by atoms with van der Waals surface area (Å²) >= 11 is 0. The Kier molecular flexibility index (Phi) is 4.45. The van der Waals surface area contributed by atoms with Crippen LogP contribution in [-0.2, 0) is 4.79 Å². The van der Waals surface area contributed by atoms with Gasteiger partial charge in [0.1, 0.15) is 0 Å². The summed E-state index contributed by atoms with van der Waals surface area (Å²) in [5, 5.41) is 2.61. The Morgan fingerprint density at radius 3 is 2.65 bits per heavy atom. The van der Waals surface area contributed by atoms with Crippen molar-refractivity contribution in [2.24, 2.45) is 11.7 Å². The van der Waals surface area contributed by atoms with Crippen molar-refractivity contribution >= 4 is 11.6 Å². The third-order valence-corrected chi connectivity index (χ3v) is 2.44. The first-order chi connectivity index (χ1) is 7.95. The maximum Gasteiger partial charge on any atom is 0.241 e. The fraction of sp³-hybridized carbons (Fsp3) is 0.417. The van der Waals surface area contributed by atoms with Gasteiger partial charge in [-0.05, 0) is 18.1 Å². The molecule has 17 heavy (non-hydrogen) atoms. The number of hydrogen-bond acceptors (Lipinski definition) is 3. The highest BCUT2D eigenvalue weighted by atomic mass is 19.1. The number of halogens is 1. The molecule has 0 saturated heterocycles. The van der Waals surface area contributed by atoms with Crippen molar-refractivity contribution in [1.82, 2.24) is 0 Å². The van der Waals surface area contributed by atoms with Crippen LogP contribution >= 0.6 is 0 Å². The molecule has 1 aromatic rings. The molecule has 1 aromatic carbocycles. The van der Waals surface area contributed by atoms with Gasteiger partial charge in [0.25, 0.3) is 0 Å². The van der Waals surface area contributed by atoms with Crippen LogP contribution in [0.3, 0.4) is 0 Å². The molecule has 0 fully saturated rings. The van der Waals surface area contributed by atoms with Crippen LogP contribution in [0.5, 0.6) is 5.75 Å². The van der Waals surface area contributed by atoms with E-state index in [1.54, 1.807) is 0 Å². The largest absolute Gasteiger partial charge is 0.494 e. The smallest absolute Gasteiger partial charge is 0.241 e. The summed E-state index contributed by atoms with van der Waals surface area (Å²) in [7, 11) is 1.36. The van der Waals surface area contributed by atoms with E-state index in [9.17, 15) is 9.18 Å². The van der Waals surface area contributed by atoms with E-state index < -0.39 is 11.9 Å². The molecule has 0 bridgehead atoms. The second-order valence-electron chi connectivity index (χ2n) is 4.11. The molecule has 5 heteroatoms. The normalized spacial score (nSPS) is 12.4. The zero-order valence-electron chi connectivity index (χ0n) is 10.2. The number of hydrogen-bond donors (Lipinski definition) is 2. The lowest BCUT2D eigenvalue weighted by Crippen LogP contribution is -2.39. The van der Waals surface area contributed by atoms with Gasteiger partial charge < -0.3 is 15.8 Å². The molecule has 0 aliphatic carbocycles. The molecule has 0 heterocycles. The summed E-state index contributed by atoms with van der Waals surface area (Å²) in [5.41, 5.74) is 6.15. The number of nitrogens with one attached hydrogen (secondary N) is 1. The van der Waals surface area contributed by atoms with E-state index in [-0.39, 0.29) is 17.6 Å². The van der Waals surface area contributed by atoms with E-state index in [0.29, 0.717) is 5.69 Å². The quantitative estimate of drug-likeness (QED) is 0.842. The Balaban J connectivity index is 2.78. The summed E-state index contributed by atoms with van der Waals surface area (Å²) in [5.74, 6) is -0.648. The standard InChI is InChI=1S/C12H17FN2O2/c1-7(2)11(14)12(16)15-8-4-5-9(13)10(6-8)17-3/h4-7,11H,14H2,1-3H3,(H,15,16). The first kappa shape index (κ1) is 13.4. The Bertz CT molecular complexity index is 407. The fourth-order valence-corrected chi connectivity index (χ4v) is 1.27. The molecular weight excluding hydrogens is 223 g/mol. The van der Waals surface area contributed by atoms with Crippen LogP contribution in [0, 0.1) is 11.7 Å². The fourth-order valence-electron chi connectivity index (χ4n) is 1.27. The molecule has 0 saturated carbocycles. The summed E-state index contributed by atoms with van der Waals surface area (Å²) in [4.78, 5) is 11.7. The van der Waals surface area contributed by atoms with Crippen LogP contribution < -0.4 is 15.8 Å². The van der Waals surface area contributed by atoms with Crippen molar-refractivity contribution in [3.8, 4) is 5.75 Å². The third-order valence-electron chi connectivity index (χ3n) is 2.44. The number of ether oxygens (including phenoxy) is 1. The molecule has 0 aromatic heterocycles. The molecule has 1 rings (SSSR count). The van der Waals surface area contributed by atoms with Crippen LogP contribution in [0.4, 0.5) is 10.1 Å². The lowest BCUT2D eigenvalue weighted by molar-refractivity contribution is -0.118. The zero-order valence-corrected chi connectivity index (χ0v) is 10.2. The number of benzene rings is 1. The Morgan fingerprint density at radius 1 is 1.47 bits per heavy atom. The number of methoxy groups -OCH3 is 1. The van der Waals surface area contributed by atoms with Crippen LogP contribution in [0.25, 0.3) is 0 Å². The van der Waals surface area contributed by atoms with Crippen molar-refractivity contribution < 1.29 is 13.9 Å². The highest BCUT2D eigenvalue weighted by molar-refractivity contribution is 5.94. The molecule has 0 aliphatic heterocycles. The van der Waals surface area contributed by atoms with Gasteiger partial charge in [-0.1, -0.05) is 13.8 Å². The molecule has 94 valence electrons. The maximum absolute atomic E-state index is 13.1. The van der Waals surface area contributed by atoms with Crippen LogP contribution in [-0.4, -0.2) is 19.1 Å². The SMILES string of the molecule is COc1cc(NC(=O)C(N)C(C)C)ccc1F. The van der Waals surface area contributed by atoms with Crippen molar-refractivity contribution in [1.29, 1.82) is 0 Å². The van der Waals surface area contributed by atoms with E-state index >= 15 is 0 Å². The van der Waals surface area contributed by atoms with Gasteiger partial charge in [-0.3, -0.25) is 4.79 Å². The summed E-state index contributed by atoms with van der Waals surface area (Å²) in [6, 6.07) is 3.52. The number of amides is 1. The predicted molar refractivity (Wildman–Crippen MR) is 64.4 cm³/mol. The van der Waals surface area contributed by atoms with Crippen LogP contribution in [0.1, 0.15) is 13.8 Å². The maximum atomic E-state index is 13.1. The Morgan fingerprint density at radius 2 is 2.12 bits per heavy atom. The minimum Gasteiger partial charge on any atom is -0.494 e. The lowest BCUT2D eigenvalue weighted by Gasteiger charge is -2.15. The Labute approximate surface area is 100.0 Å². The van der Waals surface area contributed by atoms with E-state index in [1.165, 1.54) is 25.3 Å². The number of nitrogens with two attached hydrogens (primary N) is 1. The summed E-state index contributed by atoms with van der Waals surface area (Å²) < 4.78 is 17.9. The molecule has 4 nitrogen and oxygen atoms in total. The topological polar surface area (TPSA) is 64.3 Å². The highest BCUT2D eigenvalue weighted by Gasteiger charge is 2.17. The minimum atomic E-state index is -0.592. The van der Waals surface area contributed by atoms with Gasteiger partial charge in [0.15, 0.2) is 11.6 Å². The lowest BCUT2D eigenvalue weighted by atomic mass is 10.0. The Hall–Kier alpha value is -1.62. The second kappa shape index (κ2) is 5.63. The van der Waals surface area contributed by atoms with Crippen molar-refractivity contribution in [3.05, 3.63) is 24.0 Å². The molecule has 1 amide bonds. The number of carbonyl (C=O) groups is 1. The first-order valence-electron chi connectivity index (χ1n) is 5.35. The van der Waals surface area contributed by atoms with Gasteiger partial charge in [-0.25, -0.2) is 4.39 Å². The number of anilines is 1. The van der Waals surface area contributed by atoms with Crippen LogP contribution in [0.2, 0.25) is 0 Å². The van der Waals surface area contributed by atoms with E-state index in [2.05, 4.69) is 5.32 Å². The minimum absolute atomic E-state index is 0.0392. The van der Waals surface area contributed by atoms with E-state index in [4.69, 9.17) is 10.5 Å². The van der Waals surface area contributed by atoms with E-state index in [1.807, 2.05) is 13.8 Å². The zero-order chi connectivity index (χ0) is 13.0. The van der Waals surface area contributed by atoms with Crippen molar-refractivity contribution in [2.45, 2.75) is 19.9 Å². The molecular formula is C12H17FN2O2. The number of rotatable bonds is 4. The van der Waals surface area contributed by atoms with Crippen LogP contribution in [0.15, 0.2) is 18.2 Å². The molecule has 0 radical (unpaired) electrons. The molecule has 3 N–H and O–H groups in total. The molecule has 0 spiro atoms. The molecule has 1 atom stereocenters. The average molecular weight is 240 g/mol. The summed E-state index contributed by atoms with van der Waals surface area (Å²) in [6.07, 6.45) is 0. The monoisotopic (exact) mass is 240 g/mol. The predicted octanol–water partition coefficient (Wildman–Crippen LogP) is 1.76. The van der Waals surface area contributed by atoms with Gasteiger partial charge in [0.2, 0.25) is 5.91 Å². The van der Waals surface area contributed by atoms with Crippen molar-refractivity contribution in [2.75, 3.05) is 12.4 Å². The highest BCUT2D eigenvalue weighted by Crippen LogP contribution is 2.21. The number of carbonyl (C=O) groups excluding carboxylic acids is 1. The van der Waals surface area contributed by atoms with Gasteiger partial charge in [0.05, 0.1) is 13.2 Å². The average Bonchev–Trinajstić information content (AvgIpc) is 2.30. The van der Waals surface area contributed by atoms with Gasteiger partial charge in [0, 0.05) is 11.8 Å².